The molecular weight excluding hydrogens is 280 g/mol. The number of aliphatic hydroxyl groups is 1. The number of carbonyl (C=O) groups is 1. The average molecular weight is 306 g/mol. The molecule has 0 saturated heterocycles. The third-order valence-electron chi connectivity index (χ3n) is 4.32. The van der Waals surface area contributed by atoms with Gasteiger partial charge in [0.05, 0.1) is 7.11 Å². The highest BCUT2D eigenvalue weighted by molar-refractivity contribution is 5.74. The Labute approximate surface area is 132 Å². The van der Waals surface area contributed by atoms with E-state index in [1.54, 1.807) is 7.11 Å². The molecule has 2 amide bonds. The molecule has 3 N–H and O–H groups in total. The summed E-state index contributed by atoms with van der Waals surface area (Å²) in [7, 11) is 1.64. The molecule has 1 aliphatic rings. The van der Waals surface area contributed by atoms with Gasteiger partial charge in [0, 0.05) is 24.8 Å². The first-order valence-corrected chi connectivity index (χ1v) is 7.91. The first-order valence-electron chi connectivity index (χ1n) is 7.91. The lowest BCUT2D eigenvalue weighted by molar-refractivity contribution is 0.174. The van der Waals surface area contributed by atoms with Crippen molar-refractivity contribution in [3.8, 4) is 5.75 Å². The summed E-state index contributed by atoms with van der Waals surface area (Å²) in [5.74, 6) is 1.20. The molecule has 0 bridgehead atoms. The summed E-state index contributed by atoms with van der Waals surface area (Å²) in [6, 6.07) is 6.01. The van der Waals surface area contributed by atoms with E-state index in [-0.39, 0.29) is 18.7 Å². The molecule has 1 saturated carbocycles. The first kappa shape index (κ1) is 16.6. The number of benzene rings is 1. The maximum Gasteiger partial charge on any atom is 0.315 e. The third kappa shape index (κ3) is 4.63. The second-order valence-corrected chi connectivity index (χ2v) is 6.04. The zero-order valence-electron chi connectivity index (χ0n) is 13.4. The molecule has 0 unspecified atom stereocenters. The Hall–Kier alpha value is -1.75. The van der Waals surface area contributed by atoms with Crippen LogP contribution in [0.3, 0.4) is 0 Å². The number of amides is 2. The fourth-order valence-electron chi connectivity index (χ4n) is 2.90. The summed E-state index contributed by atoms with van der Waals surface area (Å²) < 4.78 is 5.34. The second kappa shape index (κ2) is 8.03. The van der Waals surface area contributed by atoms with Gasteiger partial charge in [0.2, 0.25) is 0 Å². The number of methoxy groups -OCH3 is 1. The van der Waals surface area contributed by atoms with Gasteiger partial charge in [-0.25, -0.2) is 4.79 Å². The molecule has 122 valence electrons. The van der Waals surface area contributed by atoms with Crippen LogP contribution < -0.4 is 15.4 Å². The van der Waals surface area contributed by atoms with Gasteiger partial charge < -0.3 is 20.5 Å². The van der Waals surface area contributed by atoms with Crippen LogP contribution in [0.5, 0.6) is 5.75 Å². The molecule has 5 nitrogen and oxygen atoms in total. The van der Waals surface area contributed by atoms with Gasteiger partial charge >= 0.3 is 6.03 Å². The molecule has 1 aromatic rings. The van der Waals surface area contributed by atoms with E-state index in [4.69, 9.17) is 9.84 Å². The van der Waals surface area contributed by atoms with Crippen LogP contribution >= 0.6 is 0 Å². The van der Waals surface area contributed by atoms with Gasteiger partial charge in [-0.2, -0.15) is 0 Å². The zero-order chi connectivity index (χ0) is 15.9. The van der Waals surface area contributed by atoms with Crippen molar-refractivity contribution in [1.29, 1.82) is 0 Å². The van der Waals surface area contributed by atoms with Gasteiger partial charge in [-0.3, -0.25) is 0 Å². The highest BCUT2D eigenvalue weighted by atomic mass is 16.5. The van der Waals surface area contributed by atoms with Crippen LogP contribution in [0.1, 0.15) is 36.8 Å². The molecule has 22 heavy (non-hydrogen) atoms. The number of rotatable bonds is 5. The van der Waals surface area contributed by atoms with Crippen molar-refractivity contribution >= 4 is 6.03 Å². The number of carbonyl (C=O) groups excluding carboxylic acids is 1. The minimum Gasteiger partial charge on any atom is -0.496 e. The molecule has 0 atom stereocenters. The molecule has 1 fully saturated rings. The van der Waals surface area contributed by atoms with E-state index >= 15 is 0 Å². The van der Waals surface area contributed by atoms with E-state index < -0.39 is 0 Å². The van der Waals surface area contributed by atoms with E-state index in [0.717, 1.165) is 42.6 Å². The van der Waals surface area contributed by atoms with E-state index in [9.17, 15) is 4.79 Å². The van der Waals surface area contributed by atoms with Crippen LogP contribution in [-0.4, -0.2) is 30.9 Å². The monoisotopic (exact) mass is 306 g/mol. The molecule has 5 heteroatoms. The second-order valence-electron chi connectivity index (χ2n) is 6.04. The molecule has 0 spiro atoms. The van der Waals surface area contributed by atoms with E-state index in [0.29, 0.717) is 12.5 Å². The summed E-state index contributed by atoms with van der Waals surface area (Å²) in [5, 5.41) is 15.0. The Morgan fingerprint density at radius 3 is 2.68 bits per heavy atom. The van der Waals surface area contributed by atoms with Crippen molar-refractivity contribution in [2.75, 3.05) is 13.7 Å². The van der Waals surface area contributed by atoms with Crippen molar-refractivity contribution in [2.45, 2.75) is 45.2 Å². The van der Waals surface area contributed by atoms with Crippen molar-refractivity contribution < 1.29 is 14.6 Å². The van der Waals surface area contributed by atoms with Crippen LogP contribution in [0.25, 0.3) is 0 Å². The van der Waals surface area contributed by atoms with E-state index in [1.807, 2.05) is 25.1 Å². The topological polar surface area (TPSA) is 70.6 Å². The van der Waals surface area contributed by atoms with Crippen molar-refractivity contribution in [1.82, 2.24) is 10.6 Å². The van der Waals surface area contributed by atoms with Crippen LogP contribution in [0.2, 0.25) is 0 Å². The maximum absolute atomic E-state index is 12.0. The summed E-state index contributed by atoms with van der Waals surface area (Å²) in [6.07, 6.45) is 3.83. The molecule has 0 aliphatic heterocycles. The highest BCUT2D eigenvalue weighted by Crippen LogP contribution is 2.23. The molecule has 2 rings (SSSR count). The molecular formula is C17H26N2O3. The number of aliphatic hydroxyl groups excluding tert-OH is 1. The first-order chi connectivity index (χ1) is 10.6. The summed E-state index contributed by atoms with van der Waals surface area (Å²) in [4.78, 5) is 12.0. The van der Waals surface area contributed by atoms with Crippen LogP contribution in [0.15, 0.2) is 18.2 Å². The van der Waals surface area contributed by atoms with Crippen molar-refractivity contribution in [3.05, 3.63) is 29.3 Å². The quantitative estimate of drug-likeness (QED) is 0.782. The fraction of sp³-hybridized carbons (Fsp3) is 0.588. The lowest BCUT2D eigenvalue weighted by Gasteiger charge is -2.28. The predicted molar refractivity (Wildman–Crippen MR) is 85.9 cm³/mol. The fourth-order valence-corrected chi connectivity index (χ4v) is 2.90. The molecule has 0 aromatic heterocycles. The molecule has 1 aliphatic carbocycles. The minimum absolute atomic E-state index is 0.143. The summed E-state index contributed by atoms with van der Waals surface area (Å²) >= 11 is 0. The normalized spacial score (nSPS) is 21.2. The largest absolute Gasteiger partial charge is 0.496 e. The van der Waals surface area contributed by atoms with Crippen LogP contribution in [-0.2, 0) is 6.54 Å². The Morgan fingerprint density at radius 1 is 1.32 bits per heavy atom. The lowest BCUT2D eigenvalue weighted by atomic mass is 9.87. The Bertz CT molecular complexity index is 497. The Kier molecular flexibility index (Phi) is 6.07. The third-order valence-corrected chi connectivity index (χ3v) is 4.32. The number of hydrogen-bond acceptors (Lipinski definition) is 3. The van der Waals surface area contributed by atoms with Crippen molar-refractivity contribution in [3.63, 3.8) is 0 Å². The smallest absolute Gasteiger partial charge is 0.315 e. The lowest BCUT2D eigenvalue weighted by Crippen LogP contribution is -2.43. The number of aryl methyl sites for hydroxylation is 1. The van der Waals surface area contributed by atoms with Gasteiger partial charge in [-0.1, -0.05) is 12.1 Å². The maximum atomic E-state index is 12.0. The van der Waals surface area contributed by atoms with Gasteiger partial charge in [0.25, 0.3) is 0 Å². The van der Waals surface area contributed by atoms with Gasteiger partial charge in [0.1, 0.15) is 5.75 Å². The predicted octanol–water partition coefficient (Wildman–Crippen LogP) is 2.35. The molecule has 0 radical (unpaired) electrons. The molecule has 0 heterocycles. The van der Waals surface area contributed by atoms with E-state index in [2.05, 4.69) is 10.6 Å². The summed E-state index contributed by atoms with van der Waals surface area (Å²) in [5.41, 5.74) is 2.10. The van der Waals surface area contributed by atoms with Gasteiger partial charge in [-0.15, -0.1) is 0 Å². The Morgan fingerprint density at radius 2 is 2.05 bits per heavy atom. The molecule has 1 aromatic carbocycles. The number of urea groups is 1. The SMILES string of the molecule is COc1cc(C)ccc1CNC(=O)NC1CCC(CO)CC1. The van der Waals surface area contributed by atoms with Crippen LogP contribution in [0.4, 0.5) is 4.79 Å². The Balaban J connectivity index is 1.78. The van der Waals surface area contributed by atoms with E-state index in [1.165, 1.54) is 0 Å². The van der Waals surface area contributed by atoms with Gasteiger partial charge in [-0.05, 0) is 50.2 Å². The number of nitrogens with one attached hydrogen (secondary N) is 2. The standard InChI is InChI=1S/C17H26N2O3/c1-12-3-6-14(16(9-12)22-2)10-18-17(21)19-15-7-4-13(11-20)5-8-15/h3,6,9,13,15,20H,4-5,7-8,10-11H2,1-2H3,(H2,18,19,21). The zero-order valence-corrected chi connectivity index (χ0v) is 13.4. The minimum atomic E-state index is -0.143. The average Bonchev–Trinajstić information content (AvgIpc) is 2.54. The summed E-state index contributed by atoms with van der Waals surface area (Å²) in [6.45, 7) is 2.71. The highest BCUT2D eigenvalue weighted by Gasteiger charge is 2.21. The van der Waals surface area contributed by atoms with Crippen molar-refractivity contribution in [2.24, 2.45) is 5.92 Å². The number of hydrogen-bond donors (Lipinski definition) is 3. The van der Waals surface area contributed by atoms with Gasteiger partial charge in [0.15, 0.2) is 0 Å². The van der Waals surface area contributed by atoms with Crippen LogP contribution in [0, 0.1) is 12.8 Å². The number of ether oxygens (including phenoxy) is 1.